The molecule has 2 heteroatoms. The van der Waals surface area contributed by atoms with Gasteiger partial charge in [0.1, 0.15) is 0 Å². The van der Waals surface area contributed by atoms with Gasteiger partial charge in [0, 0.05) is 0 Å². The van der Waals surface area contributed by atoms with Crippen LogP contribution in [0.2, 0.25) is 0 Å². The van der Waals surface area contributed by atoms with Crippen molar-refractivity contribution in [3.8, 4) is 0 Å². The molecule has 0 aromatic heterocycles. The Morgan fingerprint density at radius 2 is 0.676 bits per heavy atom. The van der Waals surface area contributed by atoms with Gasteiger partial charge in [-0.05, 0) is 0 Å². The van der Waals surface area contributed by atoms with Crippen LogP contribution in [0, 0.1) is 0 Å². The third-order valence-corrected chi connectivity index (χ3v) is 18.5. The molecular formula is C32H27PS. The average molecular weight is 475 g/mol. The summed E-state index contributed by atoms with van der Waals surface area (Å²) >= 11 is 2.21. The van der Waals surface area contributed by atoms with Crippen LogP contribution >= 0.6 is 17.2 Å². The molecule has 5 aromatic rings. The van der Waals surface area contributed by atoms with Crippen molar-refractivity contribution < 1.29 is 0 Å². The van der Waals surface area contributed by atoms with Gasteiger partial charge in [-0.3, -0.25) is 0 Å². The molecule has 0 saturated carbocycles. The third-order valence-electron chi connectivity index (χ3n) is 7.27. The summed E-state index contributed by atoms with van der Waals surface area (Å²) in [4.78, 5) is 0. The zero-order valence-corrected chi connectivity index (χ0v) is 20.7. The van der Waals surface area contributed by atoms with Crippen LogP contribution in [0.25, 0.3) is 0 Å². The second-order valence-electron chi connectivity index (χ2n) is 9.03. The van der Waals surface area contributed by atoms with E-state index in [0.717, 1.165) is 6.16 Å². The summed E-state index contributed by atoms with van der Waals surface area (Å²) in [5.74, 6) is -2.83. The molecule has 1 aliphatic rings. The Bertz CT molecular complexity index is 1230. The van der Waals surface area contributed by atoms with Crippen molar-refractivity contribution in [3.63, 3.8) is 0 Å². The summed E-state index contributed by atoms with van der Waals surface area (Å²) in [7, 11) is 0. The van der Waals surface area contributed by atoms with Crippen LogP contribution in [-0.4, -0.2) is 6.16 Å². The van der Waals surface area contributed by atoms with E-state index in [0.29, 0.717) is 0 Å². The fourth-order valence-corrected chi connectivity index (χ4v) is 18.1. The Balaban J connectivity index is 1.70. The van der Waals surface area contributed by atoms with Crippen LogP contribution in [0.15, 0.2) is 152 Å². The van der Waals surface area contributed by atoms with Gasteiger partial charge >= 0.3 is 207 Å². The molecule has 0 N–H and O–H groups in total. The van der Waals surface area contributed by atoms with Gasteiger partial charge in [0.2, 0.25) is 0 Å². The Labute approximate surface area is 206 Å². The predicted octanol–water partition coefficient (Wildman–Crippen LogP) is 7.12. The Kier molecular flexibility index (Phi) is 5.21. The van der Waals surface area contributed by atoms with E-state index in [-0.39, 0.29) is 4.75 Å². The molecule has 0 amide bonds. The number of benzene rings is 5. The van der Waals surface area contributed by atoms with Crippen LogP contribution in [0.1, 0.15) is 11.1 Å². The SMILES string of the molecule is c1ccc(C2(c3ccccc3)CP(c3ccccc3)(c3ccccc3)(c3ccccc3)S2)cc1. The minimum absolute atomic E-state index is 0.109. The van der Waals surface area contributed by atoms with Gasteiger partial charge < -0.3 is 0 Å². The van der Waals surface area contributed by atoms with Crippen molar-refractivity contribution >= 4 is 33.1 Å². The van der Waals surface area contributed by atoms with E-state index >= 15 is 0 Å². The molecule has 34 heavy (non-hydrogen) atoms. The molecule has 0 nitrogen and oxygen atoms in total. The summed E-state index contributed by atoms with van der Waals surface area (Å²) in [6.45, 7) is 0. The molecule has 6 rings (SSSR count). The van der Waals surface area contributed by atoms with Crippen molar-refractivity contribution in [2.24, 2.45) is 0 Å². The molecule has 0 atom stereocenters. The van der Waals surface area contributed by atoms with E-state index in [2.05, 4.69) is 163 Å². The number of rotatable bonds is 5. The minimum atomic E-state index is -2.83. The maximum absolute atomic E-state index is 2.83. The molecule has 0 radical (unpaired) electrons. The van der Waals surface area contributed by atoms with Crippen molar-refractivity contribution in [2.45, 2.75) is 4.75 Å². The van der Waals surface area contributed by atoms with Gasteiger partial charge in [0.25, 0.3) is 0 Å². The fraction of sp³-hybridized carbons (Fsp3) is 0.0625. The zero-order valence-electron chi connectivity index (χ0n) is 19.0. The number of hydrogen-bond acceptors (Lipinski definition) is 1. The molecule has 1 fully saturated rings. The molecule has 166 valence electrons. The summed E-state index contributed by atoms with van der Waals surface area (Å²) in [5, 5.41) is 4.37. The van der Waals surface area contributed by atoms with E-state index in [9.17, 15) is 0 Å². The second kappa shape index (κ2) is 8.27. The molecule has 1 aliphatic heterocycles. The average Bonchev–Trinajstić information content (AvgIpc) is 2.92. The topological polar surface area (TPSA) is 0 Å². The summed E-state index contributed by atoms with van der Waals surface area (Å²) in [6.07, 6.45) is 1.06. The first kappa shape index (κ1) is 21.4. The molecular weight excluding hydrogens is 447 g/mol. The van der Waals surface area contributed by atoms with Crippen LogP contribution in [0.4, 0.5) is 0 Å². The fourth-order valence-electron chi connectivity index (χ4n) is 5.74. The summed E-state index contributed by atoms with van der Waals surface area (Å²) in [5.41, 5.74) is 2.77. The monoisotopic (exact) mass is 474 g/mol. The second-order valence-corrected chi connectivity index (χ2v) is 17.2. The first-order valence-corrected chi connectivity index (χ1v) is 15.6. The van der Waals surface area contributed by atoms with E-state index in [1.165, 1.54) is 27.0 Å². The number of hydrogen-bond donors (Lipinski definition) is 0. The van der Waals surface area contributed by atoms with Gasteiger partial charge in [-0.1, -0.05) is 0 Å². The first-order valence-electron chi connectivity index (χ1n) is 11.8. The van der Waals surface area contributed by atoms with Gasteiger partial charge in [-0.25, -0.2) is 0 Å². The normalized spacial score (nSPS) is 18.6. The molecule has 0 aliphatic carbocycles. The van der Waals surface area contributed by atoms with Crippen molar-refractivity contribution in [2.75, 3.05) is 6.16 Å². The van der Waals surface area contributed by atoms with E-state index in [1.54, 1.807) is 0 Å². The van der Waals surface area contributed by atoms with Crippen molar-refractivity contribution in [1.82, 2.24) is 0 Å². The van der Waals surface area contributed by atoms with Crippen molar-refractivity contribution in [3.05, 3.63) is 163 Å². The van der Waals surface area contributed by atoms with E-state index in [4.69, 9.17) is 0 Å². The Hall–Kier alpha value is -3.12. The Morgan fingerprint density at radius 1 is 0.412 bits per heavy atom. The van der Waals surface area contributed by atoms with Crippen LogP contribution in [-0.2, 0) is 4.75 Å². The molecule has 0 unspecified atom stereocenters. The van der Waals surface area contributed by atoms with Gasteiger partial charge in [0.05, 0.1) is 0 Å². The predicted molar refractivity (Wildman–Crippen MR) is 151 cm³/mol. The molecule has 1 saturated heterocycles. The molecule has 1 heterocycles. The standard InChI is InChI=1S/C32H27PS/c1-6-16-27(17-7-1)32(28-18-8-2-9-19-28)26-33(34-32,29-20-10-3-11-21-29,30-22-12-4-13-23-30)31-24-14-5-15-25-31/h1-25H,26H2. The Morgan fingerprint density at radius 3 is 0.971 bits per heavy atom. The van der Waals surface area contributed by atoms with Gasteiger partial charge in [-0.2, -0.15) is 0 Å². The van der Waals surface area contributed by atoms with Crippen LogP contribution in [0.3, 0.4) is 0 Å². The molecule has 5 aromatic carbocycles. The zero-order chi connectivity index (χ0) is 22.9. The van der Waals surface area contributed by atoms with Gasteiger partial charge in [0.15, 0.2) is 0 Å². The quantitative estimate of drug-likeness (QED) is 0.244. The first-order chi connectivity index (χ1) is 16.8. The van der Waals surface area contributed by atoms with E-state index < -0.39 is 5.81 Å². The van der Waals surface area contributed by atoms with E-state index in [1.807, 2.05) is 0 Å². The molecule has 0 spiro atoms. The van der Waals surface area contributed by atoms with Crippen molar-refractivity contribution in [1.29, 1.82) is 0 Å². The third kappa shape index (κ3) is 2.97. The molecule has 0 bridgehead atoms. The van der Waals surface area contributed by atoms with Crippen LogP contribution in [0.5, 0.6) is 0 Å². The van der Waals surface area contributed by atoms with Gasteiger partial charge in [-0.15, -0.1) is 0 Å². The van der Waals surface area contributed by atoms with Crippen LogP contribution < -0.4 is 15.9 Å². The summed E-state index contributed by atoms with van der Waals surface area (Å²) < 4.78 is -0.109. The maximum atomic E-state index is 2.37. The summed E-state index contributed by atoms with van der Waals surface area (Å²) in [6, 6.07) is 56.1.